The molecule has 0 atom stereocenters. The molecule has 7 heteroatoms. The Hall–Kier alpha value is -3.06. The molecule has 1 fully saturated rings. The van der Waals surface area contributed by atoms with Gasteiger partial charge in [0.25, 0.3) is 5.56 Å². The maximum Gasteiger partial charge on any atom is 0.255 e. The molecule has 0 saturated carbocycles. The lowest BCUT2D eigenvalue weighted by atomic mass is 10.1. The summed E-state index contributed by atoms with van der Waals surface area (Å²) in [4.78, 5) is 26.2. The molecule has 2 aliphatic heterocycles. The van der Waals surface area contributed by atoms with Crippen LogP contribution in [0.2, 0.25) is 0 Å². The predicted octanol–water partition coefficient (Wildman–Crippen LogP) is 2.87. The highest BCUT2D eigenvalue weighted by Crippen LogP contribution is 2.33. The van der Waals surface area contributed by atoms with Crippen molar-refractivity contribution in [1.29, 1.82) is 0 Å². The van der Waals surface area contributed by atoms with Crippen molar-refractivity contribution in [3.63, 3.8) is 0 Å². The minimum atomic E-state index is -0.281. The minimum absolute atomic E-state index is 0.101. The number of hydrogen-bond acceptors (Lipinski definition) is 5. The van der Waals surface area contributed by atoms with Crippen molar-refractivity contribution in [2.45, 2.75) is 25.8 Å². The van der Waals surface area contributed by atoms with E-state index in [9.17, 15) is 9.18 Å². The second-order valence-electron chi connectivity index (χ2n) is 8.25. The summed E-state index contributed by atoms with van der Waals surface area (Å²) in [7, 11) is 0. The van der Waals surface area contributed by atoms with Gasteiger partial charge in [0.2, 0.25) is 0 Å². The molecule has 0 radical (unpaired) electrons. The first kappa shape index (κ1) is 19.9. The van der Waals surface area contributed by atoms with E-state index in [0.717, 1.165) is 49.3 Å². The SMILES string of the molecule is CCc1cnc(-c2ccn(-c3ccc4c(c3)CCN4C3CN(CCF)C3)c(=O)c2)nc1. The fraction of sp³-hybridized carbons (Fsp3) is 0.375. The van der Waals surface area contributed by atoms with Crippen LogP contribution in [0.4, 0.5) is 10.1 Å². The lowest BCUT2D eigenvalue weighted by molar-refractivity contribution is 0.135. The van der Waals surface area contributed by atoms with Gasteiger partial charge >= 0.3 is 0 Å². The number of rotatable bonds is 6. The van der Waals surface area contributed by atoms with E-state index in [1.807, 2.05) is 12.1 Å². The van der Waals surface area contributed by atoms with Crippen molar-refractivity contribution in [1.82, 2.24) is 19.4 Å². The molecule has 5 rings (SSSR count). The van der Waals surface area contributed by atoms with Gasteiger partial charge in [-0.25, -0.2) is 14.4 Å². The Balaban J connectivity index is 1.36. The molecule has 6 nitrogen and oxygen atoms in total. The number of hydrogen-bond donors (Lipinski definition) is 0. The van der Waals surface area contributed by atoms with Gasteiger partial charge in [-0.3, -0.25) is 14.3 Å². The zero-order valence-electron chi connectivity index (χ0n) is 17.7. The number of pyridine rings is 1. The van der Waals surface area contributed by atoms with Crippen LogP contribution in [0.15, 0.2) is 53.7 Å². The van der Waals surface area contributed by atoms with Crippen LogP contribution in [-0.4, -0.2) is 58.3 Å². The lowest BCUT2D eigenvalue weighted by Crippen LogP contribution is -2.59. The van der Waals surface area contributed by atoms with Crippen LogP contribution in [0.3, 0.4) is 0 Å². The number of nitrogens with zero attached hydrogens (tertiary/aromatic N) is 5. The molecule has 3 aromatic rings. The summed E-state index contributed by atoms with van der Waals surface area (Å²) in [5.74, 6) is 0.563. The Bertz CT molecular complexity index is 1140. The maximum atomic E-state index is 12.8. The third-order valence-electron chi connectivity index (χ3n) is 6.34. The molecule has 31 heavy (non-hydrogen) atoms. The first-order valence-corrected chi connectivity index (χ1v) is 10.9. The molecular weight excluding hydrogens is 393 g/mol. The molecule has 1 saturated heterocycles. The summed E-state index contributed by atoms with van der Waals surface area (Å²) in [6, 6.07) is 10.2. The zero-order chi connectivity index (χ0) is 21.4. The summed E-state index contributed by atoms with van der Waals surface area (Å²) in [5, 5.41) is 0. The van der Waals surface area contributed by atoms with E-state index in [1.165, 1.54) is 11.3 Å². The number of anilines is 1. The standard InChI is InChI=1S/C24H26FN5O/c1-2-17-13-26-24(27-14-17)19-6-9-30(23(31)12-19)20-3-4-22-18(11-20)5-8-29(22)21-15-28(16-21)10-7-25/h3-4,6,9,11-14,21H,2,5,7-8,10,15-16H2,1H3. The fourth-order valence-electron chi connectivity index (χ4n) is 4.50. The normalized spacial score (nSPS) is 16.4. The predicted molar refractivity (Wildman–Crippen MR) is 120 cm³/mol. The van der Waals surface area contributed by atoms with Crippen LogP contribution in [0.1, 0.15) is 18.1 Å². The Morgan fingerprint density at radius 2 is 1.94 bits per heavy atom. The molecular formula is C24H26FN5O. The van der Waals surface area contributed by atoms with Crippen molar-refractivity contribution in [2.75, 3.05) is 37.8 Å². The van der Waals surface area contributed by atoms with E-state index in [2.05, 4.69) is 38.8 Å². The molecule has 0 amide bonds. The molecule has 0 spiro atoms. The molecule has 2 aromatic heterocycles. The molecule has 1 aromatic carbocycles. The topological polar surface area (TPSA) is 54.3 Å². The number of likely N-dealkylation sites (tertiary alicyclic amines) is 1. The average Bonchev–Trinajstić information content (AvgIpc) is 3.18. The Kier molecular flexibility index (Phi) is 5.28. The summed E-state index contributed by atoms with van der Waals surface area (Å²) in [6.45, 7) is 5.13. The summed E-state index contributed by atoms with van der Waals surface area (Å²) in [6.07, 6.45) is 7.25. The number of aryl methyl sites for hydroxylation is 1. The molecule has 0 bridgehead atoms. The third kappa shape index (κ3) is 3.74. The molecule has 160 valence electrons. The highest BCUT2D eigenvalue weighted by atomic mass is 19.1. The summed E-state index contributed by atoms with van der Waals surface area (Å²) < 4.78 is 14.2. The Morgan fingerprint density at radius 3 is 2.65 bits per heavy atom. The Morgan fingerprint density at radius 1 is 1.13 bits per heavy atom. The smallest absolute Gasteiger partial charge is 0.255 e. The van der Waals surface area contributed by atoms with E-state index in [4.69, 9.17) is 0 Å². The van der Waals surface area contributed by atoms with Crippen LogP contribution in [-0.2, 0) is 12.8 Å². The Labute approximate surface area is 181 Å². The molecule has 0 N–H and O–H groups in total. The summed E-state index contributed by atoms with van der Waals surface area (Å²) >= 11 is 0. The van der Waals surface area contributed by atoms with Gasteiger partial charge in [-0.2, -0.15) is 0 Å². The van der Waals surface area contributed by atoms with Crippen LogP contribution in [0.25, 0.3) is 17.1 Å². The highest BCUT2D eigenvalue weighted by Gasteiger charge is 2.34. The van der Waals surface area contributed by atoms with Crippen LogP contribution < -0.4 is 10.5 Å². The number of benzene rings is 1. The number of alkyl halides is 1. The maximum absolute atomic E-state index is 12.8. The van der Waals surface area contributed by atoms with Crippen LogP contribution >= 0.6 is 0 Å². The van der Waals surface area contributed by atoms with Crippen molar-refractivity contribution < 1.29 is 4.39 Å². The molecule has 2 aliphatic rings. The van der Waals surface area contributed by atoms with Crippen molar-refractivity contribution >= 4 is 5.69 Å². The van der Waals surface area contributed by atoms with Gasteiger partial charge in [0.05, 0.1) is 6.04 Å². The van der Waals surface area contributed by atoms with Gasteiger partial charge in [0.15, 0.2) is 5.82 Å². The number of aromatic nitrogens is 3. The largest absolute Gasteiger partial charge is 0.365 e. The molecule has 4 heterocycles. The molecule has 0 aliphatic carbocycles. The zero-order valence-corrected chi connectivity index (χ0v) is 17.7. The van der Waals surface area contributed by atoms with E-state index in [0.29, 0.717) is 18.4 Å². The quantitative estimate of drug-likeness (QED) is 0.615. The second-order valence-corrected chi connectivity index (χ2v) is 8.25. The van der Waals surface area contributed by atoms with Crippen molar-refractivity contribution in [2.24, 2.45) is 0 Å². The number of fused-ring (bicyclic) bond motifs is 1. The summed E-state index contributed by atoms with van der Waals surface area (Å²) in [5.41, 5.74) is 5.06. The van der Waals surface area contributed by atoms with E-state index >= 15 is 0 Å². The monoisotopic (exact) mass is 419 g/mol. The first-order valence-electron chi connectivity index (χ1n) is 10.9. The minimum Gasteiger partial charge on any atom is -0.365 e. The van der Waals surface area contributed by atoms with Crippen LogP contribution in [0, 0.1) is 0 Å². The van der Waals surface area contributed by atoms with Crippen molar-refractivity contribution in [3.8, 4) is 17.1 Å². The van der Waals surface area contributed by atoms with Gasteiger partial charge in [0.1, 0.15) is 6.67 Å². The molecule has 0 unspecified atom stereocenters. The first-order chi connectivity index (χ1) is 15.2. The highest BCUT2D eigenvalue weighted by molar-refractivity contribution is 5.63. The van der Waals surface area contributed by atoms with Gasteiger partial charge in [-0.15, -0.1) is 0 Å². The number of halogens is 1. The third-order valence-corrected chi connectivity index (χ3v) is 6.34. The van der Waals surface area contributed by atoms with E-state index in [-0.39, 0.29) is 12.2 Å². The van der Waals surface area contributed by atoms with Gasteiger partial charge in [0, 0.05) is 67.8 Å². The van der Waals surface area contributed by atoms with Gasteiger partial charge in [-0.05, 0) is 48.2 Å². The van der Waals surface area contributed by atoms with Gasteiger partial charge in [-0.1, -0.05) is 6.92 Å². The fourth-order valence-corrected chi connectivity index (χ4v) is 4.50. The second kappa shape index (κ2) is 8.23. The van der Waals surface area contributed by atoms with E-state index < -0.39 is 0 Å². The van der Waals surface area contributed by atoms with Crippen molar-refractivity contribution in [3.05, 3.63) is 70.4 Å². The average molecular weight is 420 g/mol. The van der Waals surface area contributed by atoms with Crippen LogP contribution in [0.5, 0.6) is 0 Å². The van der Waals surface area contributed by atoms with E-state index in [1.54, 1.807) is 29.2 Å². The lowest BCUT2D eigenvalue weighted by Gasteiger charge is -2.44. The van der Waals surface area contributed by atoms with Gasteiger partial charge < -0.3 is 4.90 Å².